The van der Waals surface area contributed by atoms with Crippen LogP contribution in [0.5, 0.6) is 0 Å². The zero-order valence-corrected chi connectivity index (χ0v) is 20.8. The third kappa shape index (κ3) is 5.22. The minimum Gasteiger partial charge on any atom is -0.385 e. The molecule has 1 aliphatic rings. The molecular weight excluding hydrogens is 476 g/mol. The van der Waals surface area contributed by atoms with Gasteiger partial charge in [0.2, 0.25) is 0 Å². The normalized spacial score (nSPS) is 15.6. The molecule has 0 aromatic heterocycles. The molecular formula is C27H28N4O4S. The highest BCUT2D eigenvalue weighted by atomic mass is 32.2. The summed E-state index contributed by atoms with van der Waals surface area (Å²) in [6, 6.07) is 20.4. The summed E-state index contributed by atoms with van der Waals surface area (Å²) in [6.07, 6.45) is 2.38. The summed E-state index contributed by atoms with van der Waals surface area (Å²) in [7, 11) is -3.97. The van der Waals surface area contributed by atoms with Gasteiger partial charge in [0.25, 0.3) is 15.9 Å². The number of hydrogen-bond donors (Lipinski definition) is 2. The molecule has 4 rings (SSSR count). The minimum absolute atomic E-state index is 0.0233. The molecule has 1 aliphatic heterocycles. The lowest BCUT2D eigenvalue weighted by Crippen LogP contribution is -2.45. The quantitative estimate of drug-likeness (QED) is 0.456. The molecule has 0 bridgehead atoms. The maximum absolute atomic E-state index is 13.1. The van der Waals surface area contributed by atoms with Gasteiger partial charge in [0.1, 0.15) is 10.6 Å². The molecule has 3 aromatic carbocycles. The Morgan fingerprint density at radius 1 is 1.03 bits per heavy atom. The van der Waals surface area contributed by atoms with E-state index in [-0.39, 0.29) is 16.5 Å². The number of carbonyl (C=O) groups is 1. The van der Waals surface area contributed by atoms with E-state index < -0.39 is 15.6 Å². The van der Waals surface area contributed by atoms with E-state index in [4.69, 9.17) is 0 Å². The molecule has 186 valence electrons. The fourth-order valence-electron chi connectivity index (χ4n) is 4.30. The van der Waals surface area contributed by atoms with E-state index in [1.165, 1.54) is 12.3 Å². The van der Waals surface area contributed by atoms with Crippen molar-refractivity contribution in [2.45, 2.75) is 30.3 Å². The van der Waals surface area contributed by atoms with Gasteiger partial charge in [-0.25, -0.2) is 8.42 Å². The molecule has 8 nitrogen and oxygen atoms in total. The molecule has 0 spiro atoms. The molecule has 1 fully saturated rings. The smallest absolute Gasteiger partial charge is 0.264 e. The Morgan fingerprint density at radius 3 is 2.31 bits per heavy atom. The van der Waals surface area contributed by atoms with Crippen LogP contribution in [0.25, 0.3) is 0 Å². The van der Waals surface area contributed by atoms with Crippen LogP contribution in [-0.4, -0.2) is 50.4 Å². The van der Waals surface area contributed by atoms with Crippen molar-refractivity contribution < 1.29 is 18.3 Å². The zero-order valence-electron chi connectivity index (χ0n) is 20.0. The number of nitrogens with one attached hydrogen (secondary N) is 1. The van der Waals surface area contributed by atoms with Crippen molar-refractivity contribution in [2.75, 3.05) is 17.8 Å². The fraction of sp³-hybridized carbons (Fsp3) is 0.222. The number of likely N-dealkylation sites (tertiary alicyclic amines) is 1. The number of aliphatic imine (C=N–C) groups is 2. The molecule has 0 atom stereocenters. The monoisotopic (exact) mass is 504 g/mol. The second kappa shape index (κ2) is 10.4. The number of piperidine rings is 1. The maximum atomic E-state index is 13.1. The number of aliphatic hydroxyl groups is 1. The van der Waals surface area contributed by atoms with Gasteiger partial charge in [0.15, 0.2) is 0 Å². The molecule has 1 amide bonds. The van der Waals surface area contributed by atoms with E-state index in [1.54, 1.807) is 48.2 Å². The van der Waals surface area contributed by atoms with Gasteiger partial charge in [-0.2, -0.15) is 0 Å². The van der Waals surface area contributed by atoms with Gasteiger partial charge >= 0.3 is 0 Å². The Balaban J connectivity index is 1.46. The maximum Gasteiger partial charge on any atom is 0.264 e. The van der Waals surface area contributed by atoms with E-state index in [9.17, 15) is 18.3 Å². The van der Waals surface area contributed by atoms with Crippen LogP contribution in [0.4, 0.5) is 17.1 Å². The molecule has 9 heteroatoms. The summed E-state index contributed by atoms with van der Waals surface area (Å²) in [5, 5.41) is 11.0. The largest absolute Gasteiger partial charge is 0.385 e. The second-order valence-corrected chi connectivity index (χ2v) is 10.2. The van der Waals surface area contributed by atoms with Crippen LogP contribution in [0.1, 0.15) is 35.7 Å². The third-order valence-corrected chi connectivity index (χ3v) is 7.68. The number of benzene rings is 3. The third-order valence-electron chi connectivity index (χ3n) is 6.27. The average Bonchev–Trinajstić information content (AvgIpc) is 2.90. The summed E-state index contributed by atoms with van der Waals surface area (Å²) in [5.41, 5.74) is 1.23. The fourth-order valence-corrected chi connectivity index (χ4v) is 5.53. The van der Waals surface area contributed by atoms with Crippen molar-refractivity contribution >= 4 is 45.9 Å². The van der Waals surface area contributed by atoms with Crippen LogP contribution in [-0.2, 0) is 15.6 Å². The summed E-state index contributed by atoms with van der Waals surface area (Å²) in [6.45, 7) is 6.01. The standard InChI is InChI=1S/C27H28N4O4S/c1-3-29-25-23(28-2)10-7-11-24(25)36(34,35)30-22-14-12-20(13-15-22)26(32)31-18-16-27(33,17-19-31)21-8-5-4-6-9-21/h3-15,30,33H,2,16-19H2,1H3. The SMILES string of the molecule is C=Nc1cccc(S(=O)(=O)Nc2ccc(C(=O)N3CCC(O)(c4ccccc4)CC3)cc2)c1N=CC. The van der Waals surface area contributed by atoms with Gasteiger partial charge in [0, 0.05) is 30.6 Å². The summed E-state index contributed by atoms with van der Waals surface area (Å²) >= 11 is 0. The lowest BCUT2D eigenvalue weighted by molar-refractivity contribution is -0.0211. The highest BCUT2D eigenvalue weighted by Gasteiger charge is 2.35. The van der Waals surface area contributed by atoms with Crippen molar-refractivity contribution in [3.8, 4) is 0 Å². The first-order valence-corrected chi connectivity index (χ1v) is 13.0. The number of hydrogen-bond acceptors (Lipinski definition) is 6. The molecule has 2 N–H and O–H groups in total. The lowest BCUT2D eigenvalue weighted by atomic mass is 9.84. The summed E-state index contributed by atoms with van der Waals surface area (Å²) in [5.74, 6) is -0.163. The first kappa shape index (κ1) is 25.3. The van der Waals surface area contributed by atoms with Gasteiger partial charge in [-0.1, -0.05) is 36.4 Å². The van der Waals surface area contributed by atoms with Crippen LogP contribution in [0.2, 0.25) is 0 Å². The minimum atomic E-state index is -3.97. The van der Waals surface area contributed by atoms with Crippen molar-refractivity contribution in [2.24, 2.45) is 9.98 Å². The first-order valence-electron chi connectivity index (χ1n) is 11.6. The number of sulfonamides is 1. The van der Waals surface area contributed by atoms with E-state index >= 15 is 0 Å². The van der Waals surface area contributed by atoms with Gasteiger partial charge in [-0.3, -0.25) is 19.5 Å². The van der Waals surface area contributed by atoms with E-state index in [1.807, 2.05) is 30.3 Å². The highest BCUT2D eigenvalue weighted by molar-refractivity contribution is 7.92. The molecule has 1 heterocycles. The predicted octanol–water partition coefficient (Wildman–Crippen LogP) is 4.67. The van der Waals surface area contributed by atoms with Crippen LogP contribution < -0.4 is 4.72 Å². The van der Waals surface area contributed by atoms with Crippen molar-refractivity contribution in [3.63, 3.8) is 0 Å². The van der Waals surface area contributed by atoms with E-state index in [0.717, 1.165) is 5.56 Å². The number of anilines is 1. The Bertz CT molecular complexity index is 1380. The van der Waals surface area contributed by atoms with E-state index in [2.05, 4.69) is 21.4 Å². The number of amides is 1. The van der Waals surface area contributed by atoms with Gasteiger partial charge in [0.05, 0.1) is 11.3 Å². The van der Waals surface area contributed by atoms with Crippen molar-refractivity contribution in [1.29, 1.82) is 0 Å². The van der Waals surface area contributed by atoms with Crippen LogP contribution in [0, 0.1) is 0 Å². The van der Waals surface area contributed by atoms with Crippen LogP contribution in [0.3, 0.4) is 0 Å². The number of rotatable bonds is 7. The van der Waals surface area contributed by atoms with Crippen LogP contribution >= 0.6 is 0 Å². The van der Waals surface area contributed by atoms with Crippen molar-refractivity contribution in [1.82, 2.24) is 4.90 Å². The Kier molecular flexibility index (Phi) is 7.32. The molecule has 3 aromatic rings. The van der Waals surface area contributed by atoms with Gasteiger partial charge < -0.3 is 10.0 Å². The molecule has 0 unspecified atom stereocenters. The Morgan fingerprint density at radius 2 is 1.69 bits per heavy atom. The second-order valence-electron chi connectivity index (χ2n) is 8.54. The molecule has 0 aliphatic carbocycles. The average molecular weight is 505 g/mol. The summed E-state index contributed by atoms with van der Waals surface area (Å²) < 4.78 is 28.7. The number of carbonyl (C=O) groups excluding carboxylic acids is 1. The Labute approximate surface area is 211 Å². The van der Waals surface area contributed by atoms with Gasteiger partial charge in [-0.15, -0.1) is 0 Å². The van der Waals surface area contributed by atoms with Crippen molar-refractivity contribution in [3.05, 3.63) is 83.9 Å². The van der Waals surface area contributed by atoms with E-state index in [0.29, 0.717) is 42.9 Å². The predicted molar refractivity (Wildman–Crippen MR) is 142 cm³/mol. The lowest BCUT2D eigenvalue weighted by Gasteiger charge is -2.38. The number of para-hydroxylation sites is 1. The molecule has 1 saturated heterocycles. The zero-order chi connectivity index (χ0) is 25.8. The summed E-state index contributed by atoms with van der Waals surface area (Å²) in [4.78, 5) is 22.7. The highest BCUT2D eigenvalue weighted by Crippen LogP contribution is 2.36. The first-order chi connectivity index (χ1) is 17.3. The molecule has 36 heavy (non-hydrogen) atoms. The topological polar surface area (TPSA) is 111 Å². The van der Waals surface area contributed by atoms with Gasteiger partial charge in [-0.05, 0) is 68.4 Å². The Hall–Kier alpha value is -3.82. The number of nitrogens with zero attached hydrogens (tertiary/aromatic N) is 3. The molecule has 0 saturated carbocycles. The van der Waals surface area contributed by atoms with Crippen LogP contribution in [0.15, 0.2) is 87.7 Å². The molecule has 0 radical (unpaired) electrons.